The van der Waals surface area contributed by atoms with Crippen LogP contribution in [0.4, 0.5) is 11.6 Å². The molecule has 0 amide bonds. The number of hydrogen-bond acceptors (Lipinski definition) is 7. The summed E-state index contributed by atoms with van der Waals surface area (Å²) in [6, 6.07) is 13.5. The van der Waals surface area contributed by atoms with Crippen molar-refractivity contribution in [1.82, 2.24) is 19.7 Å². The van der Waals surface area contributed by atoms with Crippen LogP contribution in [-0.4, -0.2) is 39.9 Å². The molecule has 0 bridgehead atoms. The van der Waals surface area contributed by atoms with Gasteiger partial charge in [-0.3, -0.25) is 4.68 Å². The maximum absolute atomic E-state index is 11.9. The standard InChI is InChI=1S/C25H22IN5O3/c1-31-23(14-4-8-17(26)9-5-14)21-19(30-31)11-7-16-13-27-25(29-22(16)21)28-18-10-6-15(24(32)34-3)12-20(18)33-2/h4-6,8-10,12-13H,7,11H2,1-3H3,(H,27,28,29). The molecule has 172 valence electrons. The Labute approximate surface area is 210 Å². The molecule has 1 aliphatic rings. The van der Waals surface area contributed by atoms with Crippen molar-refractivity contribution in [2.45, 2.75) is 12.8 Å². The number of aromatic nitrogens is 4. The number of esters is 1. The summed E-state index contributed by atoms with van der Waals surface area (Å²) in [5.41, 5.74) is 7.23. The minimum absolute atomic E-state index is 0.401. The van der Waals surface area contributed by atoms with Gasteiger partial charge in [-0.1, -0.05) is 12.1 Å². The molecule has 8 nitrogen and oxygen atoms in total. The summed E-state index contributed by atoms with van der Waals surface area (Å²) in [5.74, 6) is 0.501. The molecule has 0 aliphatic heterocycles. The number of nitrogens with one attached hydrogen (secondary N) is 1. The number of aryl methyl sites for hydroxylation is 3. The highest BCUT2D eigenvalue weighted by atomic mass is 127. The van der Waals surface area contributed by atoms with Crippen molar-refractivity contribution < 1.29 is 14.3 Å². The number of carbonyl (C=O) groups is 1. The summed E-state index contributed by atoms with van der Waals surface area (Å²) in [5, 5.41) is 8.03. The summed E-state index contributed by atoms with van der Waals surface area (Å²) in [7, 11) is 4.86. The number of hydrogen-bond donors (Lipinski definition) is 1. The lowest BCUT2D eigenvalue weighted by molar-refractivity contribution is 0.0600. The third-order valence-electron chi connectivity index (χ3n) is 5.84. The summed E-state index contributed by atoms with van der Waals surface area (Å²) >= 11 is 2.31. The molecule has 0 spiro atoms. The summed E-state index contributed by atoms with van der Waals surface area (Å²) in [6.07, 6.45) is 3.55. The predicted molar refractivity (Wildman–Crippen MR) is 137 cm³/mol. The number of benzene rings is 2. The fourth-order valence-electron chi connectivity index (χ4n) is 4.22. The van der Waals surface area contributed by atoms with Gasteiger partial charge < -0.3 is 14.8 Å². The van der Waals surface area contributed by atoms with Gasteiger partial charge in [0.15, 0.2) is 0 Å². The van der Waals surface area contributed by atoms with Gasteiger partial charge in [0.05, 0.1) is 42.6 Å². The van der Waals surface area contributed by atoms with Crippen LogP contribution in [0.1, 0.15) is 21.6 Å². The molecular formula is C25H22IN5O3. The molecule has 2 aromatic heterocycles. The second kappa shape index (κ2) is 9.05. The van der Waals surface area contributed by atoms with Gasteiger partial charge in [0.2, 0.25) is 5.95 Å². The Morgan fingerprint density at radius 2 is 1.91 bits per heavy atom. The Morgan fingerprint density at radius 3 is 2.65 bits per heavy atom. The zero-order chi connectivity index (χ0) is 23.8. The number of fused-ring (bicyclic) bond motifs is 3. The molecule has 2 heterocycles. The molecule has 1 N–H and O–H groups in total. The Morgan fingerprint density at radius 1 is 1.12 bits per heavy atom. The maximum atomic E-state index is 11.9. The minimum Gasteiger partial charge on any atom is -0.495 e. The zero-order valence-electron chi connectivity index (χ0n) is 18.9. The Kier molecular flexibility index (Phi) is 5.94. The molecular weight excluding hydrogens is 545 g/mol. The van der Waals surface area contributed by atoms with Gasteiger partial charge in [-0.2, -0.15) is 5.10 Å². The number of rotatable bonds is 5. The highest BCUT2D eigenvalue weighted by Crippen LogP contribution is 2.40. The van der Waals surface area contributed by atoms with E-state index >= 15 is 0 Å². The van der Waals surface area contributed by atoms with Crippen molar-refractivity contribution in [1.29, 1.82) is 0 Å². The fourth-order valence-corrected chi connectivity index (χ4v) is 4.58. The number of methoxy groups -OCH3 is 2. The summed E-state index contributed by atoms with van der Waals surface area (Å²) in [6.45, 7) is 0. The maximum Gasteiger partial charge on any atom is 0.337 e. The Bertz CT molecular complexity index is 1400. The van der Waals surface area contributed by atoms with Crippen molar-refractivity contribution >= 4 is 40.2 Å². The first-order valence-corrected chi connectivity index (χ1v) is 11.8. The van der Waals surface area contributed by atoms with Crippen LogP contribution >= 0.6 is 22.6 Å². The lowest BCUT2D eigenvalue weighted by Gasteiger charge is -2.17. The second-order valence-electron chi connectivity index (χ2n) is 7.90. The molecule has 0 fully saturated rings. The third kappa shape index (κ3) is 4.00. The van der Waals surface area contributed by atoms with Crippen molar-refractivity contribution in [3.05, 3.63) is 69.1 Å². The Balaban J connectivity index is 1.55. The fraction of sp³-hybridized carbons (Fsp3) is 0.200. The van der Waals surface area contributed by atoms with Crippen LogP contribution in [0.5, 0.6) is 5.75 Å². The van der Waals surface area contributed by atoms with E-state index < -0.39 is 5.97 Å². The van der Waals surface area contributed by atoms with E-state index in [0.717, 1.165) is 46.6 Å². The van der Waals surface area contributed by atoms with Crippen LogP contribution in [0.25, 0.3) is 22.5 Å². The highest BCUT2D eigenvalue weighted by Gasteiger charge is 2.27. The molecule has 0 radical (unpaired) electrons. The number of carbonyl (C=O) groups excluding carboxylic acids is 1. The van der Waals surface area contributed by atoms with Crippen LogP contribution in [0.3, 0.4) is 0 Å². The van der Waals surface area contributed by atoms with Gasteiger partial charge >= 0.3 is 5.97 Å². The minimum atomic E-state index is -0.429. The normalized spacial score (nSPS) is 12.0. The average Bonchev–Trinajstić information content (AvgIpc) is 3.20. The van der Waals surface area contributed by atoms with Crippen LogP contribution in [0, 0.1) is 3.57 Å². The van der Waals surface area contributed by atoms with Crippen LogP contribution in [-0.2, 0) is 24.6 Å². The van der Waals surface area contributed by atoms with Gasteiger partial charge in [0, 0.05) is 27.9 Å². The first kappa shape index (κ1) is 22.3. The Hall–Kier alpha value is -3.47. The van der Waals surface area contributed by atoms with Crippen LogP contribution in [0.2, 0.25) is 0 Å². The monoisotopic (exact) mass is 567 g/mol. The van der Waals surface area contributed by atoms with E-state index in [-0.39, 0.29) is 0 Å². The SMILES string of the molecule is COC(=O)c1ccc(Nc2ncc3c(n2)-c2c(nn(C)c2-c2ccc(I)cc2)CC3)c(OC)c1. The quantitative estimate of drug-likeness (QED) is 0.274. The van der Waals surface area contributed by atoms with Crippen molar-refractivity contribution in [2.24, 2.45) is 7.05 Å². The summed E-state index contributed by atoms with van der Waals surface area (Å²) < 4.78 is 13.4. The molecule has 9 heteroatoms. The van der Waals surface area contributed by atoms with Crippen LogP contribution < -0.4 is 10.1 Å². The molecule has 2 aromatic carbocycles. The second-order valence-corrected chi connectivity index (χ2v) is 9.15. The molecule has 4 aromatic rings. The van der Waals surface area contributed by atoms with Gasteiger partial charge in [0.1, 0.15) is 5.75 Å². The van der Waals surface area contributed by atoms with E-state index in [1.165, 1.54) is 10.7 Å². The van der Waals surface area contributed by atoms with Crippen LogP contribution in [0.15, 0.2) is 48.7 Å². The molecule has 34 heavy (non-hydrogen) atoms. The molecule has 0 atom stereocenters. The van der Waals surface area contributed by atoms with E-state index in [0.29, 0.717) is 22.9 Å². The first-order valence-electron chi connectivity index (χ1n) is 10.7. The molecule has 5 rings (SSSR count). The van der Waals surface area contributed by atoms with E-state index in [1.54, 1.807) is 25.3 Å². The van der Waals surface area contributed by atoms with Gasteiger partial charge in [-0.15, -0.1) is 0 Å². The molecule has 0 unspecified atom stereocenters. The van der Waals surface area contributed by atoms with E-state index in [4.69, 9.17) is 19.6 Å². The van der Waals surface area contributed by atoms with Gasteiger partial charge in [-0.25, -0.2) is 14.8 Å². The van der Waals surface area contributed by atoms with E-state index in [9.17, 15) is 4.79 Å². The molecule has 0 saturated carbocycles. The number of halogens is 1. The molecule has 1 aliphatic carbocycles. The lowest BCUT2D eigenvalue weighted by Crippen LogP contribution is -2.09. The van der Waals surface area contributed by atoms with E-state index in [1.807, 2.05) is 17.9 Å². The number of ether oxygens (including phenoxy) is 2. The largest absolute Gasteiger partial charge is 0.495 e. The van der Waals surface area contributed by atoms with Crippen molar-refractivity contribution in [3.63, 3.8) is 0 Å². The third-order valence-corrected chi connectivity index (χ3v) is 6.56. The highest BCUT2D eigenvalue weighted by molar-refractivity contribution is 14.1. The molecule has 0 saturated heterocycles. The average molecular weight is 567 g/mol. The van der Waals surface area contributed by atoms with Crippen molar-refractivity contribution in [2.75, 3.05) is 19.5 Å². The number of nitrogens with zero attached hydrogens (tertiary/aromatic N) is 4. The van der Waals surface area contributed by atoms with E-state index in [2.05, 4.69) is 57.2 Å². The van der Waals surface area contributed by atoms with Gasteiger partial charge in [0.25, 0.3) is 0 Å². The van der Waals surface area contributed by atoms with Crippen molar-refractivity contribution in [3.8, 4) is 28.3 Å². The number of anilines is 2. The summed E-state index contributed by atoms with van der Waals surface area (Å²) in [4.78, 5) is 21.3. The lowest BCUT2D eigenvalue weighted by atomic mass is 9.91. The topological polar surface area (TPSA) is 91.2 Å². The zero-order valence-corrected chi connectivity index (χ0v) is 21.1. The first-order chi connectivity index (χ1) is 16.5. The smallest absolute Gasteiger partial charge is 0.337 e. The predicted octanol–water partition coefficient (Wildman–Crippen LogP) is 4.79. The van der Waals surface area contributed by atoms with Gasteiger partial charge in [-0.05, 0) is 71.3 Å².